The Kier molecular flexibility index (Phi) is 6.71. The molecule has 0 aliphatic heterocycles. The summed E-state index contributed by atoms with van der Waals surface area (Å²) >= 11 is 0. The fourth-order valence-corrected chi connectivity index (χ4v) is 1.90. The molecule has 90 valence electrons. The molecule has 0 aliphatic rings. The lowest BCUT2D eigenvalue weighted by Crippen LogP contribution is -2.24. The van der Waals surface area contributed by atoms with E-state index in [0.29, 0.717) is 5.41 Å². The van der Waals surface area contributed by atoms with Crippen LogP contribution in [0.5, 0.6) is 0 Å². The van der Waals surface area contributed by atoms with Gasteiger partial charge < -0.3 is 5.32 Å². The monoisotopic (exact) mass is 211 g/mol. The number of nitrogens with one attached hydrogen (secondary N) is 1. The van der Waals surface area contributed by atoms with Crippen LogP contribution in [0.4, 0.5) is 0 Å². The Morgan fingerprint density at radius 2 is 1.73 bits per heavy atom. The number of hydrogen-bond acceptors (Lipinski definition) is 1. The molecular weight excluding hydrogens is 182 g/mol. The summed E-state index contributed by atoms with van der Waals surface area (Å²) in [6, 6.07) is 0. The predicted molar refractivity (Wildman–Crippen MR) is 69.8 cm³/mol. The van der Waals surface area contributed by atoms with Crippen LogP contribution in [0, 0.1) is 17.3 Å². The molecule has 0 amide bonds. The molecule has 0 saturated heterocycles. The maximum absolute atomic E-state index is 3.68. The van der Waals surface area contributed by atoms with Gasteiger partial charge in [-0.15, -0.1) is 0 Å². The molecular formula is C14H29N. The minimum Gasteiger partial charge on any atom is -0.391 e. The second-order valence-corrected chi connectivity index (χ2v) is 5.98. The van der Waals surface area contributed by atoms with Gasteiger partial charge in [-0.2, -0.15) is 0 Å². The van der Waals surface area contributed by atoms with Crippen molar-refractivity contribution in [1.29, 1.82) is 0 Å². The maximum Gasteiger partial charge on any atom is 0.0144 e. The van der Waals surface area contributed by atoms with E-state index in [1.807, 2.05) is 0 Å². The molecule has 0 aromatic carbocycles. The van der Waals surface area contributed by atoms with E-state index in [9.17, 15) is 0 Å². The Morgan fingerprint density at radius 1 is 1.13 bits per heavy atom. The Bertz CT molecular complexity index is 165. The average Bonchev–Trinajstić information content (AvgIpc) is 2.08. The van der Waals surface area contributed by atoms with Crippen LogP contribution in [0.2, 0.25) is 0 Å². The van der Waals surface area contributed by atoms with E-state index in [4.69, 9.17) is 0 Å². The highest BCUT2D eigenvalue weighted by atomic mass is 14.8. The van der Waals surface area contributed by atoms with Crippen molar-refractivity contribution in [3.8, 4) is 0 Å². The van der Waals surface area contributed by atoms with Crippen molar-refractivity contribution in [1.82, 2.24) is 5.32 Å². The topological polar surface area (TPSA) is 12.0 Å². The van der Waals surface area contributed by atoms with Crippen molar-refractivity contribution >= 4 is 0 Å². The largest absolute Gasteiger partial charge is 0.391 e. The minimum atomic E-state index is 0.428. The van der Waals surface area contributed by atoms with Crippen molar-refractivity contribution in [2.45, 2.75) is 53.9 Å². The van der Waals surface area contributed by atoms with Crippen molar-refractivity contribution in [3.05, 3.63) is 12.8 Å². The van der Waals surface area contributed by atoms with Crippen LogP contribution in [0.25, 0.3) is 0 Å². The lowest BCUT2D eigenvalue weighted by Gasteiger charge is -2.31. The van der Waals surface area contributed by atoms with Gasteiger partial charge in [0, 0.05) is 6.54 Å². The van der Waals surface area contributed by atoms with Crippen LogP contribution >= 0.6 is 0 Å². The Labute approximate surface area is 96.3 Å². The summed E-state index contributed by atoms with van der Waals surface area (Å²) in [5, 5.41) is 3.20. The van der Waals surface area contributed by atoms with E-state index in [2.05, 4.69) is 46.5 Å². The molecule has 1 unspecified atom stereocenters. The van der Waals surface area contributed by atoms with Gasteiger partial charge in [-0.1, -0.05) is 47.6 Å². The maximum atomic E-state index is 3.68. The van der Waals surface area contributed by atoms with Gasteiger partial charge >= 0.3 is 0 Å². The zero-order valence-electron chi connectivity index (χ0n) is 11.3. The van der Waals surface area contributed by atoms with Gasteiger partial charge in [0.15, 0.2) is 0 Å². The lowest BCUT2D eigenvalue weighted by atomic mass is 9.75. The lowest BCUT2D eigenvalue weighted by molar-refractivity contribution is 0.201. The van der Waals surface area contributed by atoms with E-state index < -0.39 is 0 Å². The summed E-state index contributed by atoms with van der Waals surface area (Å²) in [6.07, 6.45) is 5.74. The highest BCUT2D eigenvalue weighted by Crippen LogP contribution is 2.33. The van der Waals surface area contributed by atoms with Gasteiger partial charge in [-0.05, 0) is 36.3 Å². The van der Waals surface area contributed by atoms with Crippen LogP contribution < -0.4 is 5.32 Å². The molecule has 1 nitrogen and oxygen atoms in total. The third kappa shape index (κ3) is 7.47. The molecule has 1 N–H and O–H groups in total. The highest BCUT2D eigenvalue weighted by Gasteiger charge is 2.23. The number of hydrogen-bond donors (Lipinski definition) is 1. The van der Waals surface area contributed by atoms with Crippen LogP contribution in [-0.2, 0) is 0 Å². The molecule has 0 fully saturated rings. The Balaban J connectivity index is 4.01. The van der Waals surface area contributed by atoms with E-state index in [1.165, 1.54) is 19.3 Å². The van der Waals surface area contributed by atoms with Gasteiger partial charge in [0.05, 0.1) is 0 Å². The Morgan fingerprint density at radius 3 is 2.13 bits per heavy atom. The van der Waals surface area contributed by atoms with Crippen molar-refractivity contribution in [3.63, 3.8) is 0 Å². The molecule has 1 heteroatoms. The SMILES string of the molecule is C=CNCCC(CCC(C)C)C(C)(C)C. The molecule has 0 aromatic rings. The summed E-state index contributed by atoms with van der Waals surface area (Å²) in [5.74, 6) is 1.63. The zero-order valence-corrected chi connectivity index (χ0v) is 11.3. The van der Waals surface area contributed by atoms with Crippen molar-refractivity contribution < 1.29 is 0 Å². The normalized spacial score (nSPS) is 14.0. The predicted octanol–water partition coefficient (Wildman–Crippen LogP) is 4.21. The molecule has 0 aliphatic carbocycles. The summed E-state index contributed by atoms with van der Waals surface area (Å²) < 4.78 is 0. The second kappa shape index (κ2) is 6.92. The van der Waals surface area contributed by atoms with Gasteiger partial charge in [-0.25, -0.2) is 0 Å². The highest BCUT2D eigenvalue weighted by molar-refractivity contribution is 4.76. The zero-order chi connectivity index (χ0) is 11.9. The van der Waals surface area contributed by atoms with E-state index in [1.54, 1.807) is 6.20 Å². The average molecular weight is 211 g/mol. The minimum absolute atomic E-state index is 0.428. The summed E-state index contributed by atoms with van der Waals surface area (Å²) in [5.41, 5.74) is 0.428. The van der Waals surface area contributed by atoms with E-state index >= 15 is 0 Å². The third-order valence-electron chi connectivity index (χ3n) is 3.10. The van der Waals surface area contributed by atoms with Crippen LogP contribution in [0.3, 0.4) is 0 Å². The summed E-state index contributed by atoms with van der Waals surface area (Å²) in [7, 11) is 0. The first-order valence-electron chi connectivity index (χ1n) is 6.22. The standard InChI is InChI=1S/C14H29N/c1-7-15-11-10-13(14(4,5)6)9-8-12(2)3/h7,12-13,15H,1,8-11H2,2-6H3. The van der Waals surface area contributed by atoms with Crippen LogP contribution in [0.15, 0.2) is 12.8 Å². The van der Waals surface area contributed by atoms with Gasteiger partial charge in [-0.3, -0.25) is 0 Å². The van der Waals surface area contributed by atoms with Gasteiger partial charge in [0.2, 0.25) is 0 Å². The number of rotatable bonds is 7. The summed E-state index contributed by atoms with van der Waals surface area (Å²) in [4.78, 5) is 0. The Hall–Kier alpha value is -0.460. The molecule has 15 heavy (non-hydrogen) atoms. The van der Waals surface area contributed by atoms with Crippen molar-refractivity contribution in [2.75, 3.05) is 6.54 Å². The third-order valence-corrected chi connectivity index (χ3v) is 3.10. The van der Waals surface area contributed by atoms with E-state index in [0.717, 1.165) is 18.4 Å². The fourth-order valence-electron chi connectivity index (χ4n) is 1.90. The molecule has 0 bridgehead atoms. The fraction of sp³-hybridized carbons (Fsp3) is 0.857. The molecule has 0 radical (unpaired) electrons. The molecule has 1 atom stereocenters. The van der Waals surface area contributed by atoms with E-state index in [-0.39, 0.29) is 0 Å². The smallest absolute Gasteiger partial charge is 0.0144 e. The first kappa shape index (κ1) is 14.5. The molecule has 0 aromatic heterocycles. The first-order chi connectivity index (χ1) is 6.88. The quantitative estimate of drug-likeness (QED) is 0.622. The van der Waals surface area contributed by atoms with Gasteiger partial charge in [0.25, 0.3) is 0 Å². The summed E-state index contributed by atoms with van der Waals surface area (Å²) in [6.45, 7) is 16.4. The first-order valence-corrected chi connectivity index (χ1v) is 6.22. The van der Waals surface area contributed by atoms with Gasteiger partial charge in [0.1, 0.15) is 0 Å². The molecule has 0 rings (SSSR count). The molecule has 0 saturated carbocycles. The van der Waals surface area contributed by atoms with Crippen LogP contribution in [-0.4, -0.2) is 6.54 Å². The van der Waals surface area contributed by atoms with Crippen LogP contribution in [0.1, 0.15) is 53.9 Å². The molecule has 0 spiro atoms. The van der Waals surface area contributed by atoms with Crippen molar-refractivity contribution in [2.24, 2.45) is 17.3 Å². The molecule has 0 heterocycles. The second-order valence-electron chi connectivity index (χ2n) is 5.98.